The second-order valence-corrected chi connectivity index (χ2v) is 10.9. The molecule has 1 amide bonds. The fourth-order valence-corrected chi connectivity index (χ4v) is 4.89. The lowest BCUT2D eigenvalue weighted by Crippen LogP contribution is -2.52. The van der Waals surface area contributed by atoms with Gasteiger partial charge in [-0.2, -0.15) is 0 Å². The van der Waals surface area contributed by atoms with Crippen molar-refractivity contribution in [1.29, 1.82) is 0 Å². The summed E-state index contributed by atoms with van der Waals surface area (Å²) < 4.78 is 19.1. The van der Waals surface area contributed by atoms with Gasteiger partial charge in [0.05, 0.1) is 0 Å². The van der Waals surface area contributed by atoms with Crippen molar-refractivity contribution in [2.75, 3.05) is 13.1 Å². The van der Waals surface area contributed by atoms with Crippen LogP contribution < -0.4 is 5.32 Å². The third-order valence-corrected chi connectivity index (χ3v) is 7.09. The molecule has 1 N–H and O–H groups in total. The first-order chi connectivity index (χ1) is 15.7. The third kappa shape index (κ3) is 5.94. The quantitative estimate of drug-likeness (QED) is 0.501. The van der Waals surface area contributed by atoms with Gasteiger partial charge in [0.1, 0.15) is 11.4 Å². The average Bonchev–Trinajstić information content (AvgIpc) is 3.53. The molecule has 0 aliphatic heterocycles. The van der Waals surface area contributed by atoms with E-state index in [4.69, 9.17) is 4.74 Å². The molecule has 0 bridgehead atoms. The Bertz CT molecular complexity index is 935. The largest absolute Gasteiger partial charge is 0.444 e. The van der Waals surface area contributed by atoms with Crippen molar-refractivity contribution in [1.82, 2.24) is 10.2 Å². The normalized spacial score (nSPS) is 22.2. The van der Waals surface area contributed by atoms with Gasteiger partial charge in [-0.1, -0.05) is 48.9 Å². The zero-order chi connectivity index (χ0) is 23.6. The zero-order valence-electron chi connectivity index (χ0n) is 20.3. The van der Waals surface area contributed by atoms with E-state index in [9.17, 15) is 9.18 Å². The molecule has 4 nitrogen and oxygen atoms in total. The van der Waals surface area contributed by atoms with Gasteiger partial charge in [-0.15, -0.1) is 0 Å². The molecule has 2 aromatic rings. The van der Waals surface area contributed by atoms with Gasteiger partial charge < -0.3 is 15.0 Å². The van der Waals surface area contributed by atoms with E-state index in [0.717, 1.165) is 31.4 Å². The monoisotopic (exact) mass is 452 g/mol. The van der Waals surface area contributed by atoms with Crippen LogP contribution in [0.2, 0.25) is 0 Å². The van der Waals surface area contributed by atoms with E-state index in [1.807, 2.05) is 43.9 Å². The highest BCUT2D eigenvalue weighted by Gasteiger charge is 2.50. The fraction of sp³-hybridized carbons (Fsp3) is 0.536. The molecule has 2 fully saturated rings. The van der Waals surface area contributed by atoms with Crippen LogP contribution >= 0.6 is 0 Å². The Morgan fingerprint density at radius 3 is 2.39 bits per heavy atom. The van der Waals surface area contributed by atoms with Gasteiger partial charge in [0.2, 0.25) is 0 Å². The summed E-state index contributed by atoms with van der Waals surface area (Å²) >= 11 is 0. The SMILES string of the molecule is CC(NCC1(CN(C(=O)OC(C)(C)C)[C@H]2CC2c2ccccc2)CCC1)c1ccc(F)cc1. The number of rotatable bonds is 8. The van der Waals surface area contributed by atoms with Crippen molar-refractivity contribution in [3.63, 3.8) is 0 Å². The standard InChI is InChI=1S/C28H37FN2O2/c1-20(21-11-13-23(29)14-12-21)30-18-28(15-8-16-28)19-31(26(32)33-27(2,3)4)25-17-24(25)22-9-6-5-7-10-22/h5-7,9-14,20,24-25,30H,8,15-19H2,1-4H3/t20?,24?,25-/m0/s1. The molecule has 2 unspecified atom stereocenters. The molecule has 2 aliphatic rings. The van der Waals surface area contributed by atoms with Gasteiger partial charge in [-0.25, -0.2) is 9.18 Å². The Morgan fingerprint density at radius 2 is 1.82 bits per heavy atom. The molecule has 0 saturated heterocycles. The van der Waals surface area contributed by atoms with Crippen LogP contribution in [0.3, 0.4) is 0 Å². The summed E-state index contributed by atoms with van der Waals surface area (Å²) in [5.74, 6) is 0.161. The number of hydrogen-bond acceptors (Lipinski definition) is 3. The fourth-order valence-electron chi connectivity index (χ4n) is 4.89. The number of nitrogens with one attached hydrogen (secondary N) is 1. The van der Waals surface area contributed by atoms with E-state index in [2.05, 4.69) is 36.5 Å². The van der Waals surface area contributed by atoms with Crippen molar-refractivity contribution in [3.8, 4) is 0 Å². The minimum Gasteiger partial charge on any atom is -0.444 e. The topological polar surface area (TPSA) is 41.6 Å². The number of ether oxygens (including phenoxy) is 1. The molecular weight excluding hydrogens is 415 g/mol. The van der Waals surface area contributed by atoms with E-state index < -0.39 is 5.60 Å². The summed E-state index contributed by atoms with van der Waals surface area (Å²) in [4.78, 5) is 15.3. The van der Waals surface area contributed by atoms with Crippen LogP contribution in [-0.2, 0) is 4.74 Å². The minimum absolute atomic E-state index is 0.0506. The molecule has 0 radical (unpaired) electrons. The van der Waals surface area contributed by atoms with Gasteiger partial charge in [0.15, 0.2) is 0 Å². The highest BCUT2D eigenvalue weighted by Crippen LogP contribution is 2.49. The highest BCUT2D eigenvalue weighted by molar-refractivity contribution is 5.69. The summed E-state index contributed by atoms with van der Waals surface area (Å²) in [6.07, 6.45) is 4.15. The van der Waals surface area contributed by atoms with Crippen molar-refractivity contribution >= 4 is 6.09 Å². The Morgan fingerprint density at radius 1 is 1.15 bits per heavy atom. The number of nitrogens with zero attached hydrogens (tertiary/aromatic N) is 1. The smallest absolute Gasteiger partial charge is 0.410 e. The first-order valence-corrected chi connectivity index (χ1v) is 12.2. The first-order valence-electron chi connectivity index (χ1n) is 12.2. The number of halogens is 1. The van der Waals surface area contributed by atoms with E-state index in [1.165, 1.54) is 24.1 Å². The lowest BCUT2D eigenvalue weighted by Gasteiger charge is -2.46. The number of carbonyl (C=O) groups is 1. The zero-order valence-corrected chi connectivity index (χ0v) is 20.3. The van der Waals surface area contributed by atoms with Crippen LogP contribution in [0.1, 0.15) is 76.5 Å². The molecule has 2 aliphatic carbocycles. The van der Waals surface area contributed by atoms with E-state index in [-0.39, 0.29) is 29.4 Å². The Labute approximate surface area is 197 Å². The molecule has 0 spiro atoms. The Hall–Kier alpha value is -2.40. The van der Waals surface area contributed by atoms with Crippen molar-refractivity contribution in [2.45, 2.75) is 77.0 Å². The first kappa shape index (κ1) is 23.7. The lowest BCUT2D eigenvalue weighted by molar-refractivity contribution is 0.000643. The number of amides is 1. The lowest BCUT2D eigenvalue weighted by atomic mass is 9.68. The molecule has 0 aromatic heterocycles. The average molecular weight is 453 g/mol. The summed E-state index contributed by atoms with van der Waals surface area (Å²) in [6.45, 7) is 9.42. The van der Waals surface area contributed by atoms with Gasteiger partial charge in [-0.3, -0.25) is 0 Å². The summed E-state index contributed by atoms with van der Waals surface area (Å²) in [5.41, 5.74) is 1.90. The Kier molecular flexibility index (Phi) is 6.81. The molecule has 33 heavy (non-hydrogen) atoms. The second-order valence-electron chi connectivity index (χ2n) is 10.9. The van der Waals surface area contributed by atoms with Crippen molar-refractivity contribution in [3.05, 3.63) is 71.5 Å². The minimum atomic E-state index is -0.519. The predicted molar refractivity (Wildman–Crippen MR) is 130 cm³/mol. The van der Waals surface area contributed by atoms with Gasteiger partial charge in [0.25, 0.3) is 0 Å². The number of benzene rings is 2. The van der Waals surface area contributed by atoms with Gasteiger partial charge in [-0.05, 0) is 70.2 Å². The van der Waals surface area contributed by atoms with E-state index in [0.29, 0.717) is 12.5 Å². The van der Waals surface area contributed by atoms with E-state index in [1.54, 1.807) is 0 Å². The maximum atomic E-state index is 13.3. The van der Waals surface area contributed by atoms with Crippen LogP contribution in [0.4, 0.5) is 9.18 Å². The van der Waals surface area contributed by atoms with Crippen molar-refractivity contribution < 1.29 is 13.9 Å². The maximum Gasteiger partial charge on any atom is 0.410 e. The molecule has 178 valence electrons. The Balaban J connectivity index is 1.45. The summed E-state index contributed by atoms with van der Waals surface area (Å²) in [5, 5.41) is 3.65. The molecule has 2 aromatic carbocycles. The predicted octanol–water partition coefficient (Wildman–Crippen LogP) is 6.44. The molecule has 2 saturated carbocycles. The molecule has 0 heterocycles. The maximum absolute atomic E-state index is 13.3. The van der Waals surface area contributed by atoms with Crippen LogP contribution in [0.5, 0.6) is 0 Å². The molecule has 3 atom stereocenters. The van der Waals surface area contributed by atoms with Crippen LogP contribution in [-0.4, -0.2) is 35.7 Å². The van der Waals surface area contributed by atoms with E-state index >= 15 is 0 Å². The number of carbonyl (C=O) groups excluding carboxylic acids is 1. The summed E-state index contributed by atoms with van der Waals surface area (Å²) in [6, 6.07) is 17.5. The van der Waals surface area contributed by atoms with Crippen LogP contribution in [0.25, 0.3) is 0 Å². The molecule has 5 heteroatoms. The summed E-state index contributed by atoms with van der Waals surface area (Å²) in [7, 11) is 0. The third-order valence-electron chi connectivity index (χ3n) is 7.09. The van der Waals surface area contributed by atoms with Crippen molar-refractivity contribution in [2.24, 2.45) is 5.41 Å². The van der Waals surface area contributed by atoms with Gasteiger partial charge >= 0.3 is 6.09 Å². The van der Waals surface area contributed by atoms with Crippen LogP contribution in [0.15, 0.2) is 54.6 Å². The molecule has 4 rings (SSSR count). The number of hydrogen-bond donors (Lipinski definition) is 1. The van der Waals surface area contributed by atoms with Crippen LogP contribution in [0, 0.1) is 11.2 Å². The highest BCUT2D eigenvalue weighted by atomic mass is 19.1. The second kappa shape index (κ2) is 9.46. The van der Waals surface area contributed by atoms with Gasteiger partial charge in [0, 0.05) is 36.5 Å². The molecular formula is C28H37FN2O2.